The number of alkyl carbamates (subject to hydrolysis) is 1. The maximum atomic E-state index is 12.0. The summed E-state index contributed by atoms with van der Waals surface area (Å²) < 4.78 is 5.39. The normalized spacial score (nSPS) is 30.7. The summed E-state index contributed by atoms with van der Waals surface area (Å²) >= 11 is 0. The molecule has 22 heavy (non-hydrogen) atoms. The lowest BCUT2D eigenvalue weighted by atomic mass is 9.79. The number of nitrogens with one attached hydrogen (secondary N) is 2. The average molecular weight is 310 g/mol. The smallest absolute Gasteiger partial charge is 0.407 e. The Morgan fingerprint density at radius 1 is 1.14 bits per heavy atom. The molecule has 128 valence electrons. The Balaban J connectivity index is 1.76. The van der Waals surface area contributed by atoms with Crippen LogP contribution in [0, 0.1) is 17.8 Å². The van der Waals surface area contributed by atoms with Crippen molar-refractivity contribution in [3.05, 3.63) is 0 Å². The molecule has 2 aliphatic carbocycles. The lowest BCUT2D eigenvalue weighted by Crippen LogP contribution is -2.48. The standard InChI is InChI=1S/C18H34N2O2/c1-12-6-9-15(10-13(12)2)19-11-16(14-7-8-14)20-17(21)22-18(3,4)5/h12-16,19H,6-11H2,1-5H3,(H,20,21). The minimum absolute atomic E-state index is 0.213. The van der Waals surface area contributed by atoms with Crippen molar-refractivity contribution in [3.8, 4) is 0 Å². The van der Waals surface area contributed by atoms with Gasteiger partial charge in [-0.25, -0.2) is 4.79 Å². The molecular weight excluding hydrogens is 276 g/mol. The second kappa shape index (κ2) is 7.20. The highest BCUT2D eigenvalue weighted by atomic mass is 16.6. The van der Waals surface area contributed by atoms with Crippen LogP contribution in [0.3, 0.4) is 0 Å². The summed E-state index contributed by atoms with van der Waals surface area (Å²) in [7, 11) is 0. The van der Waals surface area contributed by atoms with E-state index in [0.717, 1.165) is 18.4 Å². The Kier molecular flexibility index (Phi) is 5.76. The van der Waals surface area contributed by atoms with Crippen LogP contribution in [0.15, 0.2) is 0 Å². The van der Waals surface area contributed by atoms with Crippen molar-refractivity contribution in [2.24, 2.45) is 17.8 Å². The van der Waals surface area contributed by atoms with Crippen LogP contribution in [-0.4, -0.2) is 30.3 Å². The number of ether oxygens (including phenoxy) is 1. The third kappa shape index (κ3) is 5.79. The second-order valence-electron chi connectivity index (χ2n) is 8.46. The van der Waals surface area contributed by atoms with Crippen molar-refractivity contribution in [1.29, 1.82) is 0 Å². The van der Waals surface area contributed by atoms with E-state index in [1.165, 1.54) is 32.1 Å². The molecule has 4 heteroatoms. The summed E-state index contributed by atoms with van der Waals surface area (Å²) in [6.45, 7) is 11.3. The molecule has 2 rings (SSSR count). The highest BCUT2D eigenvalue weighted by molar-refractivity contribution is 5.68. The van der Waals surface area contributed by atoms with Gasteiger partial charge in [0, 0.05) is 18.6 Å². The summed E-state index contributed by atoms with van der Waals surface area (Å²) in [5.74, 6) is 2.27. The number of hydrogen-bond acceptors (Lipinski definition) is 3. The third-order valence-corrected chi connectivity index (χ3v) is 5.12. The molecule has 4 atom stereocenters. The van der Waals surface area contributed by atoms with Gasteiger partial charge in [0.25, 0.3) is 0 Å². The van der Waals surface area contributed by atoms with Gasteiger partial charge < -0.3 is 15.4 Å². The Morgan fingerprint density at radius 3 is 2.36 bits per heavy atom. The highest BCUT2D eigenvalue weighted by Crippen LogP contribution is 2.33. The van der Waals surface area contributed by atoms with E-state index in [4.69, 9.17) is 4.74 Å². The molecule has 0 spiro atoms. The minimum atomic E-state index is -0.430. The molecule has 2 N–H and O–H groups in total. The van der Waals surface area contributed by atoms with Gasteiger partial charge >= 0.3 is 6.09 Å². The Morgan fingerprint density at radius 2 is 1.82 bits per heavy atom. The molecular formula is C18H34N2O2. The van der Waals surface area contributed by atoms with Crippen molar-refractivity contribution in [1.82, 2.24) is 10.6 Å². The molecule has 0 aliphatic heterocycles. The average Bonchev–Trinajstić information content (AvgIpc) is 3.20. The fourth-order valence-corrected chi connectivity index (χ4v) is 3.32. The SMILES string of the molecule is CC1CCC(NCC(NC(=O)OC(C)(C)C)C2CC2)CC1C. The monoisotopic (exact) mass is 310 g/mol. The van der Waals surface area contributed by atoms with Gasteiger partial charge in [-0.15, -0.1) is 0 Å². The summed E-state index contributed by atoms with van der Waals surface area (Å²) in [6.07, 6.45) is 5.99. The summed E-state index contributed by atoms with van der Waals surface area (Å²) in [5, 5.41) is 6.76. The molecule has 0 aromatic rings. The van der Waals surface area contributed by atoms with Crippen molar-refractivity contribution in [3.63, 3.8) is 0 Å². The first-order valence-corrected chi connectivity index (χ1v) is 8.97. The molecule has 0 radical (unpaired) electrons. The number of amides is 1. The zero-order valence-corrected chi connectivity index (χ0v) is 14.9. The molecule has 0 heterocycles. The van der Waals surface area contributed by atoms with Crippen LogP contribution in [0.1, 0.15) is 66.7 Å². The molecule has 0 aromatic carbocycles. The van der Waals surface area contributed by atoms with E-state index in [0.29, 0.717) is 12.0 Å². The Bertz CT molecular complexity index is 374. The molecule has 0 saturated heterocycles. The quantitative estimate of drug-likeness (QED) is 0.814. The van der Waals surface area contributed by atoms with Crippen LogP contribution in [0.5, 0.6) is 0 Å². The topological polar surface area (TPSA) is 50.4 Å². The lowest BCUT2D eigenvalue weighted by molar-refractivity contribution is 0.0495. The van der Waals surface area contributed by atoms with Crippen LogP contribution in [0.4, 0.5) is 4.79 Å². The largest absolute Gasteiger partial charge is 0.444 e. The van der Waals surface area contributed by atoms with Crippen LogP contribution in [0.25, 0.3) is 0 Å². The number of carbonyl (C=O) groups excluding carboxylic acids is 1. The fourth-order valence-electron chi connectivity index (χ4n) is 3.32. The minimum Gasteiger partial charge on any atom is -0.444 e. The van der Waals surface area contributed by atoms with E-state index < -0.39 is 5.60 Å². The van der Waals surface area contributed by atoms with E-state index in [1.54, 1.807) is 0 Å². The zero-order valence-electron chi connectivity index (χ0n) is 14.9. The maximum absolute atomic E-state index is 12.0. The van der Waals surface area contributed by atoms with E-state index in [-0.39, 0.29) is 12.1 Å². The van der Waals surface area contributed by atoms with Crippen LogP contribution < -0.4 is 10.6 Å². The van der Waals surface area contributed by atoms with Gasteiger partial charge in [0.05, 0.1) is 0 Å². The van der Waals surface area contributed by atoms with Crippen LogP contribution in [-0.2, 0) is 4.74 Å². The van der Waals surface area contributed by atoms with Crippen molar-refractivity contribution in [2.45, 2.75) is 84.4 Å². The molecule has 0 aromatic heterocycles. The van der Waals surface area contributed by atoms with Crippen LogP contribution >= 0.6 is 0 Å². The van der Waals surface area contributed by atoms with Gasteiger partial charge in [0.1, 0.15) is 5.60 Å². The molecule has 4 nitrogen and oxygen atoms in total. The zero-order chi connectivity index (χ0) is 16.3. The lowest BCUT2D eigenvalue weighted by Gasteiger charge is -2.33. The molecule has 0 bridgehead atoms. The summed E-state index contributed by atoms with van der Waals surface area (Å²) in [4.78, 5) is 12.0. The van der Waals surface area contributed by atoms with Gasteiger partial charge in [-0.05, 0) is 70.6 Å². The predicted octanol–water partition coefficient (Wildman–Crippen LogP) is 3.70. The molecule has 2 saturated carbocycles. The number of carbonyl (C=O) groups is 1. The Labute approximate surface area is 135 Å². The van der Waals surface area contributed by atoms with Gasteiger partial charge in [-0.3, -0.25) is 0 Å². The molecule has 2 aliphatic rings. The first-order chi connectivity index (χ1) is 10.2. The predicted molar refractivity (Wildman–Crippen MR) is 89.9 cm³/mol. The van der Waals surface area contributed by atoms with Crippen LogP contribution in [0.2, 0.25) is 0 Å². The van der Waals surface area contributed by atoms with E-state index in [2.05, 4.69) is 24.5 Å². The molecule has 1 amide bonds. The summed E-state index contributed by atoms with van der Waals surface area (Å²) in [5.41, 5.74) is -0.430. The fraction of sp³-hybridized carbons (Fsp3) is 0.944. The second-order valence-corrected chi connectivity index (χ2v) is 8.46. The van der Waals surface area contributed by atoms with Gasteiger partial charge in [0.15, 0.2) is 0 Å². The van der Waals surface area contributed by atoms with E-state index in [9.17, 15) is 4.79 Å². The molecule has 2 fully saturated rings. The van der Waals surface area contributed by atoms with Crippen molar-refractivity contribution >= 4 is 6.09 Å². The highest BCUT2D eigenvalue weighted by Gasteiger charge is 2.34. The number of hydrogen-bond donors (Lipinski definition) is 2. The van der Waals surface area contributed by atoms with E-state index >= 15 is 0 Å². The summed E-state index contributed by atoms with van der Waals surface area (Å²) in [6, 6.07) is 0.817. The van der Waals surface area contributed by atoms with Crippen molar-refractivity contribution < 1.29 is 9.53 Å². The first kappa shape index (κ1) is 17.6. The van der Waals surface area contributed by atoms with Gasteiger partial charge in [0.2, 0.25) is 0 Å². The van der Waals surface area contributed by atoms with E-state index in [1.807, 2.05) is 20.8 Å². The molecule has 4 unspecified atom stereocenters. The van der Waals surface area contributed by atoms with Gasteiger partial charge in [-0.2, -0.15) is 0 Å². The number of rotatable bonds is 5. The third-order valence-electron chi connectivity index (χ3n) is 5.12. The first-order valence-electron chi connectivity index (χ1n) is 8.97. The van der Waals surface area contributed by atoms with Gasteiger partial charge in [-0.1, -0.05) is 13.8 Å². The maximum Gasteiger partial charge on any atom is 0.407 e. The Hall–Kier alpha value is -0.770. The van der Waals surface area contributed by atoms with Crippen molar-refractivity contribution in [2.75, 3.05) is 6.54 Å².